The first-order chi connectivity index (χ1) is 8.70. The second kappa shape index (κ2) is 4.52. The van der Waals surface area contributed by atoms with Crippen molar-refractivity contribution in [3.05, 3.63) is 0 Å². The molecule has 1 saturated heterocycles. The Hall–Kier alpha value is -1.12. The van der Waals surface area contributed by atoms with Crippen LogP contribution in [0.15, 0.2) is 0 Å². The predicted octanol–water partition coefficient (Wildman–Crippen LogP) is 0.111. The van der Waals surface area contributed by atoms with Crippen molar-refractivity contribution in [2.75, 3.05) is 19.7 Å². The lowest BCUT2D eigenvalue weighted by atomic mass is 9.84. The van der Waals surface area contributed by atoms with Gasteiger partial charge in [-0.25, -0.2) is 0 Å². The van der Waals surface area contributed by atoms with E-state index in [1.807, 2.05) is 0 Å². The van der Waals surface area contributed by atoms with E-state index < -0.39 is 6.10 Å². The van der Waals surface area contributed by atoms with Gasteiger partial charge in [0.15, 0.2) is 6.10 Å². The summed E-state index contributed by atoms with van der Waals surface area (Å²) in [5.41, 5.74) is 6.20. The van der Waals surface area contributed by atoms with Gasteiger partial charge in [0, 0.05) is 12.6 Å². The maximum Gasteiger partial charge on any atom is 0.227 e. The summed E-state index contributed by atoms with van der Waals surface area (Å²) in [6.45, 7) is 1.45. The Balaban J connectivity index is 1.69. The van der Waals surface area contributed by atoms with E-state index in [1.54, 1.807) is 4.90 Å². The molecular formula is C13H19N3O2. The van der Waals surface area contributed by atoms with Crippen molar-refractivity contribution in [2.24, 2.45) is 23.5 Å². The van der Waals surface area contributed by atoms with Gasteiger partial charge in [-0.3, -0.25) is 4.79 Å². The second-order valence-electron chi connectivity index (χ2n) is 5.71. The number of carbonyl (C=O) groups excluding carboxylic acids is 1. The molecule has 5 nitrogen and oxygen atoms in total. The van der Waals surface area contributed by atoms with E-state index in [0.29, 0.717) is 31.5 Å². The van der Waals surface area contributed by atoms with Crippen LogP contribution < -0.4 is 5.73 Å². The fraction of sp³-hybridized carbons (Fsp3) is 0.846. The highest BCUT2D eigenvalue weighted by Gasteiger charge is 2.50. The van der Waals surface area contributed by atoms with Gasteiger partial charge in [-0.2, -0.15) is 5.26 Å². The zero-order valence-corrected chi connectivity index (χ0v) is 10.4. The fourth-order valence-corrected chi connectivity index (χ4v) is 3.84. The number of carbonyl (C=O) groups is 1. The summed E-state index contributed by atoms with van der Waals surface area (Å²) in [6.07, 6.45) is 2.96. The molecule has 5 unspecified atom stereocenters. The highest BCUT2D eigenvalue weighted by atomic mass is 16.5. The molecule has 0 radical (unpaired) electrons. The summed E-state index contributed by atoms with van der Waals surface area (Å²) in [6, 6.07) is 2.10. The van der Waals surface area contributed by atoms with Crippen LogP contribution in [0.3, 0.4) is 0 Å². The van der Waals surface area contributed by atoms with Crippen molar-refractivity contribution >= 4 is 5.91 Å². The zero-order valence-electron chi connectivity index (χ0n) is 10.4. The van der Waals surface area contributed by atoms with Crippen LogP contribution in [0.4, 0.5) is 0 Å². The normalized spacial score (nSPS) is 42.9. The van der Waals surface area contributed by atoms with Gasteiger partial charge in [0.1, 0.15) is 0 Å². The first-order valence-electron chi connectivity index (χ1n) is 6.76. The Kier molecular flexibility index (Phi) is 3.00. The number of hydrogen-bond acceptors (Lipinski definition) is 4. The Labute approximate surface area is 107 Å². The summed E-state index contributed by atoms with van der Waals surface area (Å²) >= 11 is 0. The van der Waals surface area contributed by atoms with Crippen molar-refractivity contribution in [2.45, 2.75) is 31.4 Å². The van der Waals surface area contributed by atoms with Crippen LogP contribution in [-0.2, 0) is 9.53 Å². The van der Waals surface area contributed by atoms with Crippen molar-refractivity contribution in [3.63, 3.8) is 0 Å². The number of morpholine rings is 1. The molecule has 0 aromatic heterocycles. The van der Waals surface area contributed by atoms with Gasteiger partial charge in [-0.05, 0) is 31.1 Å². The number of rotatable bonds is 1. The van der Waals surface area contributed by atoms with Gasteiger partial charge in [0.05, 0.1) is 25.1 Å². The first-order valence-corrected chi connectivity index (χ1v) is 6.76. The zero-order chi connectivity index (χ0) is 12.7. The SMILES string of the molecule is N#CC1CN(C(=O)C2C3CCC(C3)C2N)CCO1. The minimum Gasteiger partial charge on any atom is -0.360 e. The van der Waals surface area contributed by atoms with Crippen molar-refractivity contribution in [1.82, 2.24) is 4.90 Å². The van der Waals surface area contributed by atoms with Crippen LogP contribution in [0.2, 0.25) is 0 Å². The highest BCUT2D eigenvalue weighted by molar-refractivity contribution is 5.80. The average molecular weight is 249 g/mol. The molecule has 2 bridgehead atoms. The summed E-state index contributed by atoms with van der Waals surface area (Å²) in [5, 5.41) is 8.88. The van der Waals surface area contributed by atoms with Gasteiger partial charge < -0.3 is 15.4 Å². The van der Waals surface area contributed by atoms with Crippen molar-refractivity contribution in [3.8, 4) is 6.07 Å². The van der Waals surface area contributed by atoms with E-state index in [4.69, 9.17) is 15.7 Å². The van der Waals surface area contributed by atoms with E-state index in [9.17, 15) is 4.79 Å². The van der Waals surface area contributed by atoms with E-state index >= 15 is 0 Å². The van der Waals surface area contributed by atoms with Gasteiger partial charge in [0.25, 0.3) is 0 Å². The maximum atomic E-state index is 12.5. The van der Waals surface area contributed by atoms with Crippen LogP contribution in [0, 0.1) is 29.1 Å². The Morgan fingerprint density at radius 3 is 2.83 bits per heavy atom. The van der Waals surface area contributed by atoms with Gasteiger partial charge in [-0.1, -0.05) is 0 Å². The summed E-state index contributed by atoms with van der Waals surface area (Å²) in [7, 11) is 0. The molecule has 18 heavy (non-hydrogen) atoms. The van der Waals surface area contributed by atoms with Crippen LogP contribution in [0.1, 0.15) is 19.3 Å². The number of nitriles is 1. The van der Waals surface area contributed by atoms with Gasteiger partial charge in [-0.15, -0.1) is 0 Å². The smallest absolute Gasteiger partial charge is 0.227 e. The Morgan fingerprint density at radius 2 is 2.17 bits per heavy atom. The third-order valence-electron chi connectivity index (χ3n) is 4.79. The monoisotopic (exact) mass is 249 g/mol. The van der Waals surface area contributed by atoms with Gasteiger partial charge >= 0.3 is 0 Å². The molecule has 2 aliphatic carbocycles. The maximum absolute atomic E-state index is 12.5. The van der Waals surface area contributed by atoms with E-state index in [-0.39, 0.29) is 17.9 Å². The topological polar surface area (TPSA) is 79.4 Å². The number of nitrogens with zero attached hydrogens (tertiary/aromatic N) is 2. The molecule has 1 heterocycles. The molecule has 3 fully saturated rings. The highest BCUT2D eigenvalue weighted by Crippen LogP contribution is 2.48. The standard InChI is InChI=1S/C13H19N3O2/c14-6-10-7-16(3-4-18-10)13(17)11-8-1-2-9(5-8)12(11)15/h8-12H,1-5,7,15H2. The van der Waals surface area contributed by atoms with Crippen molar-refractivity contribution < 1.29 is 9.53 Å². The lowest BCUT2D eigenvalue weighted by Crippen LogP contribution is -2.52. The molecule has 0 aromatic carbocycles. The van der Waals surface area contributed by atoms with E-state index in [2.05, 4.69) is 6.07 Å². The van der Waals surface area contributed by atoms with E-state index in [0.717, 1.165) is 12.8 Å². The lowest BCUT2D eigenvalue weighted by Gasteiger charge is -2.35. The Morgan fingerprint density at radius 1 is 1.39 bits per heavy atom. The van der Waals surface area contributed by atoms with Crippen LogP contribution in [0.5, 0.6) is 0 Å². The Bertz CT molecular complexity index is 390. The van der Waals surface area contributed by atoms with Gasteiger partial charge in [0.2, 0.25) is 5.91 Å². The lowest BCUT2D eigenvalue weighted by molar-refractivity contribution is -0.143. The quantitative estimate of drug-likeness (QED) is 0.715. The average Bonchev–Trinajstić information content (AvgIpc) is 2.99. The molecule has 98 valence electrons. The van der Waals surface area contributed by atoms with Crippen molar-refractivity contribution in [1.29, 1.82) is 5.26 Å². The minimum atomic E-state index is -0.475. The summed E-state index contributed by atoms with van der Waals surface area (Å²) in [5.74, 6) is 1.15. The molecule has 0 spiro atoms. The number of ether oxygens (including phenoxy) is 1. The minimum absolute atomic E-state index is 0.0128. The van der Waals surface area contributed by atoms with Crippen LogP contribution in [0.25, 0.3) is 0 Å². The van der Waals surface area contributed by atoms with E-state index in [1.165, 1.54) is 6.42 Å². The predicted molar refractivity (Wildman–Crippen MR) is 64.2 cm³/mol. The molecule has 3 aliphatic rings. The number of hydrogen-bond donors (Lipinski definition) is 1. The number of nitrogens with two attached hydrogens (primary N) is 1. The number of amides is 1. The molecule has 0 aromatic rings. The summed E-state index contributed by atoms with van der Waals surface area (Å²) < 4.78 is 5.27. The molecule has 2 N–H and O–H groups in total. The third kappa shape index (κ3) is 1.80. The molecule has 5 atom stereocenters. The number of fused-ring (bicyclic) bond motifs is 2. The molecule has 5 heteroatoms. The molecule has 3 rings (SSSR count). The molecular weight excluding hydrogens is 230 g/mol. The fourth-order valence-electron chi connectivity index (χ4n) is 3.84. The molecule has 1 aliphatic heterocycles. The third-order valence-corrected chi connectivity index (χ3v) is 4.79. The second-order valence-corrected chi connectivity index (χ2v) is 5.71. The van der Waals surface area contributed by atoms with Crippen LogP contribution >= 0.6 is 0 Å². The summed E-state index contributed by atoms with van der Waals surface area (Å²) in [4.78, 5) is 14.3. The molecule has 1 amide bonds. The van der Waals surface area contributed by atoms with Crippen LogP contribution in [-0.4, -0.2) is 42.6 Å². The molecule has 2 saturated carbocycles. The first kappa shape index (κ1) is 11.9. The largest absolute Gasteiger partial charge is 0.360 e.